The van der Waals surface area contributed by atoms with E-state index in [4.69, 9.17) is 10.5 Å². The highest BCUT2D eigenvalue weighted by Gasteiger charge is 2.46. The fourth-order valence-electron chi connectivity index (χ4n) is 3.63. The second kappa shape index (κ2) is 8.84. The molecule has 1 aliphatic heterocycles. The lowest BCUT2D eigenvalue weighted by atomic mass is 10.0. The Morgan fingerprint density at radius 3 is 2.67 bits per heavy atom. The van der Waals surface area contributed by atoms with Crippen molar-refractivity contribution >= 4 is 18.3 Å². The number of carbonyl (C=O) groups is 1. The lowest BCUT2D eigenvalue weighted by molar-refractivity contribution is -0.135. The summed E-state index contributed by atoms with van der Waals surface area (Å²) in [5, 5.41) is 0. The third-order valence-corrected chi connectivity index (χ3v) is 5.15. The van der Waals surface area contributed by atoms with E-state index in [1.165, 1.54) is 11.1 Å². The first-order chi connectivity index (χ1) is 11.2. The first-order valence-electron chi connectivity index (χ1n) is 8.86. The minimum absolute atomic E-state index is 0. The van der Waals surface area contributed by atoms with E-state index in [1.807, 2.05) is 4.90 Å². The summed E-state index contributed by atoms with van der Waals surface area (Å²) < 4.78 is 5.82. The predicted octanol–water partition coefficient (Wildman–Crippen LogP) is 2.88. The van der Waals surface area contributed by atoms with E-state index in [0.29, 0.717) is 24.5 Å². The minimum Gasteiger partial charge on any atom is -0.378 e. The molecular formula is C19H29ClN2O2. The van der Waals surface area contributed by atoms with Crippen LogP contribution in [0.5, 0.6) is 0 Å². The van der Waals surface area contributed by atoms with Crippen molar-refractivity contribution in [1.82, 2.24) is 4.90 Å². The van der Waals surface area contributed by atoms with E-state index in [2.05, 4.69) is 31.2 Å². The number of halogens is 1. The van der Waals surface area contributed by atoms with Gasteiger partial charge in [0.1, 0.15) is 0 Å². The number of rotatable bonds is 6. The van der Waals surface area contributed by atoms with E-state index >= 15 is 0 Å². The summed E-state index contributed by atoms with van der Waals surface area (Å²) in [6.45, 7) is 5.23. The molecule has 2 atom stereocenters. The molecule has 1 amide bonds. The maximum atomic E-state index is 12.7. The highest BCUT2D eigenvalue weighted by atomic mass is 35.5. The van der Waals surface area contributed by atoms with Crippen molar-refractivity contribution in [2.24, 2.45) is 11.7 Å². The number of nitrogens with two attached hydrogens (primary N) is 1. The van der Waals surface area contributed by atoms with Crippen LogP contribution in [0.1, 0.15) is 42.7 Å². The van der Waals surface area contributed by atoms with E-state index in [-0.39, 0.29) is 18.3 Å². The molecule has 1 saturated heterocycles. The van der Waals surface area contributed by atoms with Crippen LogP contribution in [0.15, 0.2) is 24.3 Å². The van der Waals surface area contributed by atoms with Gasteiger partial charge in [0.25, 0.3) is 0 Å². The van der Waals surface area contributed by atoms with Crippen LogP contribution < -0.4 is 5.73 Å². The summed E-state index contributed by atoms with van der Waals surface area (Å²) in [4.78, 5) is 14.7. The zero-order valence-corrected chi connectivity index (χ0v) is 15.3. The van der Waals surface area contributed by atoms with E-state index in [9.17, 15) is 4.79 Å². The highest BCUT2D eigenvalue weighted by Crippen LogP contribution is 2.49. The number of aryl methyl sites for hydroxylation is 1. The van der Waals surface area contributed by atoms with Crippen molar-refractivity contribution in [2.75, 3.05) is 26.2 Å². The molecule has 0 radical (unpaired) electrons. The summed E-state index contributed by atoms with van der Waals surface area (Å²) >= 11 is 0. The van der Waals surface area contributed by atoms with Gasteiger partial charge in [-0.25, -0.2) is 0 Å². The largest absolute Gasteiger partial charge is 0.378 e. The second-order valence-corrected chi connectivity index (χ2v) is 6.84. The Labute approximate surface area is 151 Å². The normalized spacial score (nSPS) is 23.7. The smallest absolute Gasteiger partial charge is 0.226 e. The van der Waals surface area contributed by atoms with Crippen molar-refractivity contribution in [3.8, 4) is 0 Å². The molecule has 1 aromatic carbocycles. The summed E-state index contributed by atoms with van der Waals surface area (Å²) in [5.41, 5.74) is 8.14. The molecule has 2 unspecified atom stereocenters. The van der Waals surface area contributed by atoms with Crippen LogP contribution in [-0.2, 0) is 9.53 Å². The number of carbonyl (C=O) groups excluding carboxylic acids is 1. The molecule has 0 spiro atoms. The molecular weight excluding hydrogens is 324 g/mol. The fourth-order valence-corrected chi connectivity index (χ4v) is 3.63. The van der Waals surface area contributed by atoms with Crippen LogP contribution in [0, 0.1) is 12.8 Å². The molecule has 134 valence electrons. The van der Waals surface area contributed by atoms with E-state index < -0.39 is 0 Å². The first kappa shape index (κ1) is 19.2. The molecule has 1 saturated carbocycles. The molecule has 2 fully saturated rings. The zero-order chi connectivity index (χ0) is 16.2. The third-order valence-electron chi connectivity index (χ3n) is 5.15. The molecule has 2 N–H and O–H groups in total. The Hall–Kier alpha value is -1.10. The van der Waals surface area contributed by atoms with Crippen LogP contribution in [0.3, 0.4) is 0 Å². The number of amides is 1. The van der Waals surface area contributed by atoms with Gasteiger partial charge in [-0.3, -0.25) is 4.79 Å². The summed E-state index contributed by atoms with van der Waals surface area (Å²) in [5.74, 6) is 0.978. The Morgan fingerprint density at radius 1 is 1.29 bits per heavy atom. The monoisotopic (exact) mass is 352 g/mol. The molecule has 24 heavy (non-hydrogen) atoms. The Morgan fingerprint density at radius 2 is 2.00 bits per heavy atom. The number of nitrogens with zero attached hydrogens (tertiary/aromatic N) is 1. The maximum Gasteiger partial charge on any atom is 0.226 e. The maximum absolute atomic E-state index is 12.7. The van der Waals surface area contributed by atoms with Crippen LogP contribution in [0.2, 0.25) is 0 Å². The molecule has 2 aliphatic rings. The Bertz CT molecular complexity index is 544. The van der Waals surface area contributed by atoms with Gasteiger partial charge in [-0.1, -0.05) is 24.3 Å². The molecule has 0 aromatic heterocycles. The number of piperidine rings is 1. The summed E-state index contributed by atoms with van der Waals surface area (Å²) in [6.07, 6.45) is 4.14. The van der Waals surface area contributed by atoms with Gasteiger partial charge in [0.15, 0.2) is 0 Å². The quantitative estimate of drug-likeness (QED) is 0.801. The van der Waals surface area contributed by atoms with Crippen LogP contribution >= 0.6 is 12.4 Å². The lowest BCUT2D eigenvalue weighted by Crippen LogP contribution is -2.42. The molecule has 0 bridgehead atoms. The molecule has 1 aliphatic carbocycles. The minimum atomic E-state index is 0. The van der Waals surface area contributed by atoms with E-state index in [1.54, 1.807) is 0 Å². The number of hydrogen-bond donors (Lipinski definition) is 1. The van der Waals surface area contributed by atoms with Crippen molar-refractivity contribution in [2.45, 2.75) is 44.6 Å². The van der Waals surface area contributed by atoms with Crippen molar-refractivity contribution in [3.63, 3.8) is 0 Å². The standard InChI is InChI=1S/C19H28N2O2.ClH/c1-14-5-2-3-6-16(14)17-13-18(17)19(22)21-10-7-15(8-11-21)23-12-4-9-20;/h2-3,5-6,15,17-18H,4,7-13,20H2,1H3;1H. The second-order valence-electron chi connectivity index (χ2n) is 6.84. The van der Waals surface area contributed by atoms with Gasteiger partial charge in [-0.05, 0) is 56.2 Å². The number of ether oxygens (including phenoxy) is 1. The first-order valence-corrected chi connectivity index (χ1v) is 8.86. The Balaban J connectivity index is 0.00000208. The van der Waals surface area contributed by atoms with Gasteiger partial charge in [-0.2, -0.15) is 0 Å². The average molecular weight is 353 g/mol. The fraction of sp³-hybridized carbons (Fsp3) is 0.632. The van der Waals surface area contributed by atoms with Crippen LogP contribution in [0.4, 0.5) is 0 Å². The molecule has 5 heteroatoms. The van der Waals surface area contributed by atoms with Gasteiger partial charge in [0.2, 0.25) is 5.91 Å². The van der Waals surface area contributed by atoms with Gasteiger partial charge < -0.3 is 15.4 Å². The van der Waals surface area contributed by atoms with Gasteiger partial charge in [-0.15, -0.1) is 12.4 Å². The number of hydrogen-bond acceptors (Lipinski definition) is 3. The zero-order valence-electron chi connectivity index (χ0n) is 14.4. The number of benzene rings is 1. The van der Waals surface area contributed by atoms with Gasteiger partial charge in [0.05, 0.1) is 6.10 Å². The van der Waals surface area contributed by atoms with Crippen molar-refractivity contribution < 1.29 is 9.53 Å². The van der Waals surface area contributed by atoms with E-state index in [0.717, 1.165) is 45.4 Å². The highest BCUT2D eigenvalue weighted by molar-refractivity contribution is 5.85. The van der Waals surface area contributed by atoms with Crippen LogP contribution in [0.25, 0.3) is 0 Å². The third kappa shape index (κ3) is 4.50. The van der Waals surface area contributed by atoms with Crippen molar-refractivity contribution in [1.29, 1.82) is 0 Å². The molecule has 1 aromatic rings. The Kier molecular flexibility index (Phi) is 7.08. The molecule has 4 nitrogen and oxygen atoms in total. The van der Waals surface area contributed by atoms with Gasteiger partial charge in [0, 0.05) is 25.6 Å². The summed E-state index contributed by atoms with van der Waals surface area (Å²) in [7, 11) is 0. The summed E-state index contributed by atoms with van der Waals surface area (Å²) in [6, 6.07) is 8.45. The average Bonchev–Trinajstić information content (AvgIpc) is 3.36. The molecule has 3 rings (SSSR count). The SMILES string of the molecule is Cc1ccccc1C1CC1C(=O)N1CCC(OCCCN)CC1.Cl. The molecule has 1 heterocycles. The topological polar surface area (TPSA) is 55.6 Å². The number of likely N-dealkylation sites (tertiary alicyclic amines) is 1. The van der Waals surface area contributed by atoms with Gasteiger partial charge >= 0.3 is 0 Å². The predicted molar refractivity (Wildman–Crippen MR) is 98.5 cm³/mol. The van der Waals surface area contributed by atoms with Crippen LogP contribution in [-0.4, -0.2) is 43.2 Å². The lowest BCUT2D eigenvalue weighted by Gasteiger charge is -2.32. The van der Waals surface area contributed by atoms with Crippen molar-refractivity contribution in [3.05, 3.63) is 35.4 Å².